The quantitative estimate of drug-likeness (QED) is 0.934. The van der Waals surface area contributed by atoms with E-state index in [0.29, 0.717) is 18.0 Å². The molecule has 3 rings (SSSR count). The van der Waals surface area contributed by atoms with Gasteiger partial charge in [0.1, 0.15) is 12.3 Å². The SMILES string of the molecule is CC(NC(=O)CN1C(=O)CCOc2ccccc21)c1ccccn1. The summed E-state index contributed by atoms with van der Waals surface area (Å²) < 4.78 is 5.58. The molecule has 0 saturated heterocycles. The number of pyridine rings is 1. The van der Waals surface area contributed by atoms with E-state index < -0.39 is 0 Å². The van der Waals surface area contributed by atoms with Crippen LogP contribution in [0.3, 0.4) is 0 Å². The number of rotatable bonds is 4. The molecule has 2 heterocycles. The van der Waals surface area contributed by atoms with Crippen molar-refractivity contribution in [1.82, 2.24) is 10.3 Å². The first kappa shape index (κ1) is 16.0. The molecule has 0 spiro atoms. The minimum absolute atomic E-state index is 0.0453. The van der Waals surface area contributed by atoms with E-state index in [1.54, 1.807) is 18.3 Å². The van der Waals surface area contributed by atoms with Gasteiger partial charge in [0.2, 0.25) is 11.8 Å². The highest BCUT2D eigenvalue weighted by molar-refractivity contribution is 6.00. The van der Waals surface area contributed by atoms with E-state index in [1.165, 1.54) is 4.90 Å². The van der Waals surface area contributed by atoms with E-state index in [1.807, 2.05) is 37.3 Å². The first-order valence-electron chi connectivity index (χ1n) is 7.87. The maximum atomic E-state index is 12.4. The molecule has 1 aromatic heterocycles. The van der Waals surface area contributed by atoms with E-state index in [-0.39, 0.29) is 30.8 Å². The standard InChI is InChI=1S/C18H19N3O3/c1-13(14-6-4-5-10-19-14)20-17(22)12-21-15-7-2-3-8-16(15)24-11-9-18(21)23/h2-8,10,13H,9,11-12H2,1H3,(H,20,22). The number of anilines is 1. The smallest absolute Gasteiger partial charge is 0.240 e. The van der Waals surface area contributed by atoms with Crippen LogP contribution in [0, 0.1) is 0 Å². The monoisotopic (exact) mass is 325 g/mol. The molecule has 0 bridgehead atoms. The Bertz CT molecular complexity index is 733. The summed E-state index contributed by atoms with van der Waals surface area (Å²) in [6.45, 7) is 2.14. The molecule has 1 aliphatic heterocycles. The topological polar surface area (TPSA) is 71.5 Å². The van der Waals surface area contributed by atoms with Gasteiger partial charge in [0.15, 0.2) is 0 Å². The summed E-state index contributed by atoms with van der Waals surface area (Å²) in [4.78, 5) is 30.4. The predicted octanol–water partition coefficient (Wildman–Crippen LogP) is 2.07. The van der Waals surface area contributed by atoms with Gasteiger partial charge in [-0.1, -0.05) is 18.2 Å². The number of fused-ring (bicyclic) bond motifs is 1. The zero-order valence-electron chi connectivity index (χ0n) is 13.4. The van der Waals surface area contributed by atoms with Gasteiger partial charge in [-0.25, -0.2) is 0 Å². The molecule has 1 N–H and O–H groups in total. The minimum Gasteiger partial charge on any atom is -0.491 e. The maximum Gasteiger partial charge on any atom is 0.240 e. The fraction of sp³-hybridized carbons (Fsp3) is 0.278. The van der Waals surface area contributed by atoms with Gasteiger partial charge in [0.25, 0.3) is 0 Å². The van der Waals surface area contributed by atoms with Gasteiger partial charge in [-0.15, -0.1) is 0 Å². The average Bonchev–Trinajstić information content (AvgIpc) is 2.75. The number of nitrogens with one attached hydrogen (secondary N) is 1. The van der Waals surface area contributed by atoms with Crippen LogP contribution in [0.5, 0.6) is 5.75 Å². The lowest BCUT2D eigenvalue weighted by molar-refractivity contribution is -0.124. The molecular formula is C18H19N3O3. The summed E-state index contributed by atoms with van der Waals surface area (Å²) in [5, 5.41) is 2.88. The number of nitrogens with zero attached hydrogens (tertiary/aromatic N) is 2. The van der Waals surface area contributed by atoms with Crippen LogP contribution in [0.4, 0.5) is 5.69 Å². The summed E-state index contributed by atoms with van der Waals surface area (Å²) in [6.07, 6.45) is 1.93. The van der Waals surface area contributed by atoms with Crippen molar-refractivity contribution < 1.29 is 14.3 Å². The number of benzene rings is 1. The average molecular weight is 325 g/mol. The number of aromatic nitrogens is 1. The highest BCUT2D eigenvalue weighted by Gasteiger charge is 2.25. The largest absolute Gasteiger partial charge is 0.491 e. The molecule has 0 radical (unpaired) electrons. The van der Waals surface area contributed by atoms with Gasteiger partial charge >= 0.3 is 0 Å². The van der Waals surface area contributed by atoms with Gasteiger partial charge in [-0.05, 0) is 31.2 Å². The van der Waals surface area contributed by atoms with Crippen molar-refractivity contribution in [3.63, 3.8) is 0 Å². The molecule has 1 unspecified atom stereocenters. The van der Waals surface area contributed by atoms with Crippen LogP contribution in [-0.2, 0) is 9.59 Å². The van der Waals surface area contributed by atoms with Crippen LogP contribution in [0.1, 0.15) is 25.1 Å². The van der Waals surface area contributed by atoms with Crippen LogP contribution < -0.4 is 15.0 Å². The molecule has 0 aliphatic carbocycles. The van der Waals surface area contributed by atoms with Crippen LogP contribution in [0.15, 0.2) is 48.7 Å². The third kappa shape index (κ3) is 3.53. The van der Waals surface area contributed by atoms with Gasteiger partial charge in [-0.2, -0.15) is 0 Å². The van der Waals surface area contributed by atoms with E-state index in [2.05, 4.69) is 10.3 Å². The van der Waals surface area contributed by atoms with Crippen LogP contribution in [-0.4, -0.2) is 29.9 Å². The first-order chi connectivity index (χ1) is 11.6. The Morgan fingerprint density at radius 1 is 1.29 bits per heavy atom. The molecule has 124 valence electrons. The third-order valence-electron chi connectivity index (χ3n) is 3.84. The fourth-order valence-electron chi connectivity index (χ4n) is 2.63. The second-order valence-corrected chi connectivity index (χ2v) is 5.59. The van der Waals surface area contributed by atoms with Crippen LogP contribution in [0.25, 0.3) is 0 Å². The molecule has 6 nitrogen and oxygen atoms in total. The Balaban J connectivity index is 1.72. The third-order valence-corrected chi connectivity index (χ3v) is 3.84. The molecular weight excluding hydrogens is 306 g/mol. The van der Waals surface area contributed by atoms with Crippen molar-refractivity contribution in [2.45, 2.75) is 19.4 Å². The Morgan fingerprint density at radius 3 is 2.88 bits per heavy atom. The van der Waals surface area contributed by atoms with Crippen molar-refractivity contribution in [3.8, 4) is 5.75 Å². The van der Waals surface area contributed by atoms with E-state index in [9.17, 15) is 9.59 Å². The van der Waals surface area contributed by atoms with E-state index >= 15 is 0 Å². The summed E-state index contributed by atoms with van der Waals surface area (Å²) in [7, 11) is 0. The lowest BCUT2D eigenvalue weighted by Gasteiger charge is -2.22. The number of carbonyl (C=O) groups excluding carboxylic acids is 2. The molecule has 2 amide bonds. The number of hydrogen-bond acceptors (Lipinski definition) is 4. The molecule has 1 aromatic carbocycles. The van der Waals surface area contributed by atoms with Crippen molar-refractivity contribution in [2.75, 3.05) is 18.1 Å². The van der Waals surface area contributed by atoms with Crippen LogP contribution in [0.2, 0.25) is 0 Å². The number of para-hydroxylation sites is 2. The summed E-state index contributed by atoms with van der Waals surface area (Å²) >= 11 is 0. The number of amides is 2. The zero-order chi connectivity index (χ0) is 16.9. The predicted molar refractivity (Wildman–Crippen MR) is 89.7 cm³/mol. The van der Waals surface area contributed by atoms with Gasteiger partial charge in [-0.3, -0.25) is 19.5 Å². The second-order valence-electron chi connectivity index (χ2n) is 5.59. The van der Waals surface area contributed by atoms with Crippen molar-refractivity contribution in [1.29, 1.82) is 0 Å². The maximum absolute atomic E-state index is 12.4. The summed E-state index contributed by atoms with van der Waals surface area (Å²) in [5.41, 5.74) is 1.40. The molecule has 0 fully saturated rings. The summed E-state index contributed by atoms with van der Waals surface area (Å²) in [5.74, 6) is 0.257. The van der Waals surface area contributed by atoms with Gasteiger partial charge < -0.3 is 10.1 Å². The highest BCUT2D eigenvalue weighted by atomic mass is 16.5. The van der Waals surface area contributed by atoms with Crippen molar-refractivity contribution in [3.05, 3.63) is 54.4 Å². The number of hydrogen-bond donors (Lipinski definition) is 1. The Labute approximate surface area is 140 Å². The zero-order valence-corrected chi connectivity index (χ0v) is 13.4. The van der Waals surface area contributed by atoms with Crippen molar-refractivity contribution >= 4 is 17.5 Å². The fourth-order valence-corrected chi connectivity index (χ4v) is 2.63. The molecule has 6 heteroatoms. The minimum atomic E-state index is -0.238. The lowest BCUT2D eigenvalue weighted by Crippen LogP contribution is -2.41. The van der Waals surface area contributed by atoms with Crippen molar-refractivity contribution in [2.24, 2.45) is 0 Å². The van der Waals surface area contributed by atoms with Gasteiger partial charge in [0.05, 0.1) is 30.5 Å². The van der Waals surface area contributed by atoms with Gasteiger partial charge in [0, 0.05) is 6.20 Å². The molecule has 0 saturated carbocycles. The van der Waals surface area contributed by atoms with E-state index in [4.69, 9.17) is 4.74 Å². The molecule has 1 atom stereocenters. The summed E-state index contributed by atoms with van der Waals surface area (Å²) in [6, 6.07) is 12.6. The number of ether oxygens (including phenoxy) is 1. The first-order valence-corrected chi connectivity index (χ1v) is 7.87. The molecule has 24 heavy (non-hydrogen) atoms. The molecule has 2 aromatic rings. The normalized spacial score (nSPS) is 15.0. The molecule has 1 aliphatic rings. The van der Waals surface area contributed by atoms with E-state index in [0.717, 1.165) is 5.69 Å². The Kier molecular flexibility index (Phi) is 4.74. The highest BCUT2D eigenvalue weighted by Crippen LogP contribution is 2.30. The Morgan fingerprint density at radius 2 is 2.08 bits per heavy atom. The Hall–Kier alpha value is -2.89. The van der Waals surface area contributed by atoms with Crippen LogP contribution >= 0.6 is 0 Å². The number of carbonyl (C=O) groups is 2. The second kappa shape index (κ2) is 7.12. The lowest BCUT2D eigenvalue weighted by atomic mass is 10.2.